The van der Waals surface area contributed by atoms with Gasteiger partial charge in [0.25, 0.3) is 0 Å². The molecule has 0 atom stereocenters. The Morgan fingerprint density at radius 1 is 1.05 bits per heavy atom. The number of hydrogen-bond donors (Lipinski definition) is 1. The second-order valence-electron chi connectivity index (χ2n) is 4.77. The Kier molecular flexibility index (Phi) is 2.09. The standard InChI is InChI=1S/C16H13NO2/c1-10-8-17-13-4-2-3-12(16(10)13)11-5-6-14-15(7-11)19-9-18-14/h2-8,17H,9H2,1H3. The van der Waals surface area contributed by atoms with E-state index in [1.807, 2.05) is 18.3 Å². The van der Waals surface area contributed by atoms with E-state index in [4.69, 9.17) is 9.47 Å². The second-order valence-corrected chi connectivity index (χ2v) is 4.77. The van der Waals surface area contributed by atoms with Gasteiger partial charge in [0.15, 0.2) is 11.5 Å². The van der Waals surface area contributed by atoms with Gasteiger partial charge in [0.1, 0.15) is 0 Å². The van der Waals surface area contributed by atoms with Crippen molar-refractivity contribution in [2.45, 2.75) is 6.92 Å². The Labute approximate surface area is 110 Å². The zero-order valence-corrected chi connectivity index (χ0v) is 10.6. The van der Waals surface area contributed by atoms with Crippen LogP contribution in [0.25, 0.3) is 22.0 Å². The van der Waals surface area contributed by atoms with Gasteiger partial charge in [-0.1, -0.05) is 18.2 Å². The number of aryl methyl sites for hydroxylation is 1. The highest BCUT2D eigenvalue weighted by molar-refractivity contribution is 5.97. The number of hydrogen-bond acceptors (Lipinski definition) is 2. The molecule has 3 nitrogen and oxygen atoms in total. The molecule has 0 fully saturated rings. The van der Waals surface area contributed by atoms with Crippen molar-refractivity contribution >= 4 is 10.9 Å². The molecule has 0 aliphatic carbocycles. The Morgan fingerprint density at radius 3 is 2.89 bits per heavy atom. The highest BCUT2D eigenvalue weighted by Gasteiger charge is 2.15. The number of benzene rings is 2. The van der Waals surface area contributed by atoms with E-state index in [1.165, 1.54) is 16.5 Å². The SMILES string of the molecule is Cc1c[nH]c2cccc(-c3ccc4c(c3)OCO4)c12. The van der Waals surface area contributed by atoms with Gasteiger partial charge in [-0.3, -0.25) is 0 Å². The molecule has 94 valence electrons. The van der Waals surface area contributed by atoms with Gasteiger partial charge in [-0.15, -0.1) is 0 Å². The van der Waals surface area contributed by atoms with Crippen molar-refractivity contribution in [3.05, 3.63) is 48.2 Å². The van der Waals surface area contributed by atoms with Gasteiger partial charge in [-0.25, -0.2) is 0 Å². The van der Waals surface area contributed by atoms with E-state index >= 15 is 0 Å². The molecule has 0 amide bonds. The van der Waals surface area contributed by atoms with Gasteiger partial charge in [-0.05, 0) is 41.8 Å². The molecule has 0 bridgehead atoms. The average Bonchev–Trinajstić information content (AvgIpc) is 3.05. The molecule has 19 heavy (non-hydrogen) atoms. The van der Waals surface area contributed by atoms with E-state index < -0.39 is 0 Å². The first-order valence-electron chi connectivity index (χ1n) is 6.29. The van der Waals surface area contributed by atoms with Crippen molar-refractivity contribution in [1.82, 2.24) is 4.98 Å². The van der Waals surface area contributed by atoms with Crippen LogP contribution in [0.5, 0.6) is 11.5 Å². The molecule has 1 aliphatic rings. The summed E-state index contributed by atoms with van der Waals surface area (Å²) in [5.41, 5.74) is 4.78. The quantitative estimate of drug-likeness (QED) is 0.712. The number of aromatic nitrogens is 1. The zero-order valence-electron chi connectivity index (χ0n) is 10.6. The minimum absolute atomic E-state index is 0.312. The fraction of sp³-hybridized carbons (Fsp3) is 0.125. The third kappa shape index (κ3) is 1.51. The third-order valence-electron chi connectivity index (χ3n) is 3.59. The van der Waals surface area contributed by atoms with E-state index in [0.717, 1.165) is 22.6 Å². The summed E-state index contributed by atoms with van der Waals surface area (Å²) in [6, 6.07) is 12.4. The third-order valence-corrected chi connectivity index (χ3v) is 3.59. The van der Waals surface area contributed by atoms with Gasteiger partial charge >= 0.3 is 0 Å². The molecule has 3 heteroatoms. The van der Waals surface area contributed by atoms with Crippen molar-refractivity contribution in [3.8, 4) is 22.6 Å². The Morgan fingerprint density at radius 2 is 1.95 bits per heavy atom. The number of nitrogens with one attached hydrogen (secondary N) is 1. The van der Waals surface area contributed by atoms with Crippen molar-refractivity contribution in [2.24, 2.45) is 0 Å². The van der Waals surface area contributed by atoms with Crippen LogP contribution >= 0.6 is 0 Å². The molecule has 0 unspecified atom stereocenters. The smallest absolute Gasteiger partial charge is 0.231 e. The predicted octanol–water partition coefficient (Wildman–Crippen LogP) is 3.87. The first-order chi connectivity index (χ1) is 9.33. The topological polar surface area (TPSA) is 34.2 Å². The molecule has 0 saturated carbocycles. The fourth-order valence-electron chi connectivity index (χ4n) is 2.66. The van der Waals surface area contributed by atoms with Crippen molar-refractivity contribution in [1.29, 1.82) is 0 Å². The molecule has 2 aromatic carbocycles. The van der Waals surface area contributed by atoms with Crippen LogP contribution in [0.4, 0.5) is 0 Å². The number of fused-ring (bicyclic) bond motifs is 2. The molecular formula is C16H13NO2. The summed E-state index contributed by atoms with van der Waals surface area (Å²) < 4.78 is 10.8. The monoisotopic (exact) mass is 251 g/mol. The first-order valence-corrected chi connectivity index (χ1v) is 6.29. The van der Waals surface area contributed by atoms with E-state index in [2.05, 4.69) is 36.2 Å². The van der Waals surface area contributed by atoms with Gasteiger partial charge in [0, 0.05) is 17.1 Å². The fourth-order valence-corrected chi connectivity index (χ4v) is 2.66. The maximum atomic E-state index is 5.45. The predicted molar refractivity (Wildman–Crippen MR) is 74.6 cm³/mol. The first kappa shape index (κ1) is 10.5. The minimum Gasteiger partial charge on any atom is -0.454 e. The molecule has 1 aliphatic heterocycles. The maximum Gasteiger partial charge on any atom is 0.231 e. The lowest BCUT2D eigenvalue weighted by Gasteiger charge is -2.06. The van der Waals surface area contributed by atoms with Gasteiger partial charge in [0.05, 0.1) is 0 Å². The van der Waals surface area contributed by atoms with Gasteiger partial charge in [-0.2, -0.15) is 0 Å². The largest absolute Gasteiger partial charge is 0.454 e. The normalized spacial score (nSPS) is 13.1. The highest BCUT2D eigenvalue weighted by atomic mass is 16.7. The molecule has 0 radical (unpaired) electrons. The maximum absolute atomic E-state index is 5.45. The summed E-state index contributed by atoms with van der Waals surface area (Å²) in [7, 11) is 0. The van der Waals surface area contributed by atoms with Crippen molar-refractivity contribution in [2.75, 3.05) is 6.79 Å². The molecule has 2 heterocycles. The lowest BCUT2D eigenvalue weighted by atomic mass is 9.99. The van der Waals surface area contributed by atoms with Crippen LogP contribution in [-0.2, 0) is 0 Å². The second kappa shape index (κ2) is 3.79. The number of H-pyrrole nitrogens is 1. The highest BCUT2D eigenvalue weighted by Crippen LogP contribution is 2.38. The number of ether oxygens (including phenoxy) is 2. The van der Waals surface area contributed by atoms with Crippen LogP contribution in [0, 0.1) is 6.92 Å². The Hall–Kier alpha value is -2.42. The van der Waals surface area contributed by atoms with Crippen LogP contribution < -0.4 is 9.47 Å². The summed E-state index contributed by atoms with van der Waals surface area (Å²) in [6.45, 7) is 2.43. The Bertz CT molecular complexity index is 774. The van der Waals surface area contributed by atoms with Crippen LogP contribution in [0.15, 0.2) is 42.6 Å². The molecule has 0 saturated heterocycles. The number of aromatic amines is 1. The average molecular weight is 251 g/mol. The zero-order chi connectivity index (χ0) is 12.8. The molecule has 1 N–H and O–H groups in total. The molecule has 3 aromatic rings. The van der Waals surface area contributed by atoms with Crippen LogP contribution in [0.1, 0.15) is 5.56 Å². The van der Waals surface area contributed by atoms with Gasteiger partial charge in [0.2, 0.25) is 6.79 Å². The van der Waals surface area contributed by atoms with E-state index in [-0.39, 0.29) is 0 Å². The molecule has 1 aromatic heterocycles. The summed E-state index contributed by atoms with van der Waals surface area (Å²) >= 11 is 0. The molecule has 0 spiro atoms. The van der Waals surface area contributed by atoms with Crippen LogP contribution in [-0.4, -0.2) is 11.8 Å². The minimum atomic E-state index is 0.312. The van der Waals surface area contributed by atoms with Crippen LogP contribution in [0.2, 0.25) is 0 Å². The summed E-state index contributed by atoms with van der Waals surface area (Å²) in [6.07, 6.45) is 2.04. The van der Waals surface area contributed by atoms with E-state index in [0.29, 0.717) is 6.79 Å². The summed E-state index contributed by atoms with van der Waals surface area (Å²) in [4.78, 5) is 3.29. The number of rotatable bonds is 1. The summed E-state index contributed by atoms with van der Waals surface area (Å²) in [5.74, 6) is 1.64. The van der Waals surface area contributed by atoms with E-state index in [1.54, 1.807) is 0 Å². The van der Waals surface area contributed by atoms with Crippen LogP contribution in [0.3, 0.4) is 0 Å². The molecular weight excluding hydrogens is 238 g/mol. The summed E-state index contributed by atoms with van der Waals surface area (Å²) in [5, 5.41) is 1.27. The van der Waals surface area contributed by atoms with Crippen molar-refractivity contribution in [3.63, 3.8) is 0 Å². The molecule has 4 rings (SSSR count). The van der Waals surface area contributed by atoms with Crippen molar-refractivity contribution < 1.29 is 9.47 Å². The van der Waals surface area contributed by atoms with E-state index in [9.17, 15) is 0 Å². The lowest BCUT2D eigenvalue weighted by Crippen LogP contribution is -1.92. The lowest BCUT2D eigenvalue weighted by molar-refractivity contribution is 0.174. The Balaban J connectivity index is 1.97. The van der Waals surface area contributed by atoms with Gasteiger partial charge < -0.3 is 14.5 Å².